The lowest BCUT2D eigenvalue weighted by atomic mass is 9.98. The number of fused-ring (bicyclic) bond motifs is 1. The number of aromatic nitrogens is 1. The van der Waals surface area contributed by atoms with Crippen LogP contribution in [0.4, 0.5) is 0 Å². The zero-order valence-electron chi connectivity index (χ0n) is 16.9. The number of nitrogens with zero attached hydrogens (tertiary/aromatic N) is 1. The van der Waals surface area contributed by atoms with Crippen LogP contribution in [0.3, 0.4) is 0 Å². The molecular formula is C25H23ClN2O2. The molecule has 0 radical (unpaired) electrons. The van der Waals surface area contributed by atoms with E-state index in [1.54, 1.807) is 18.2 Å². The molecule has 2 N–H and O–H groups in total. The largest absolute Gasteiger partial charge is 0.506 e. The lowest BCUT2D eigenvalue weighted by Gasteiger charge is -2.11. The molecule has 1 heterocycles. The highest BCUT2D eigenvalue weighted by Crippen LogP contribution is 2.33. The molecule has 30 heavy (non-hydrogen) atoms. The topological polar surface area (TPSA) is 56.3 Å². The van der Waals surface area contributed by atoms with E-state index in [2.05, 4.69) is 48.2 Å². The van der Waals surface area contributed by atoms with Crippen LogP contribution in [0.2, 0.25) is 5.02 Å². The lowest BCUT2D eigenvalue weighted by Crippen LogP contribution is -2.10. The van der Waals surface area contributed by atoms with E-state index in [9.17, 15) is 9.90 Å². The van der Waals surface area contributed by atoms with Gasteiger partial charge in [-0.15, -0.1) is 0 Å². The van der Waals surface area contributed by atoms with E-state index in [0.29, 0.717) is 21.5 Å². The summed E-state index contributed by atoms with van der Waals surface area (Å²) in [4.78, 5) is 17.7. The Morgan fingerprint density at radius 1 is 0.933 bits per heavy atom. The first-order valence-corrected chi connectivity index (χ1v) is 10.1. The fourth-order valence-electron chi connectivity index (χ4n) is 3.72. The van der Waals surface area contributed by atoms with E-state index in [1.807, 2.05) is 24.3 Å². The van der Waals surface area contributed by atoms with Crippen LogP contribution in [0.15, 0.2) is 71.5 Å². The highest BCUT2D eigenvalue weighted by molar-refractivity contribution is 6.31. The smallest absolute Gasteiger partial charge is 0.260 e. The van der Waals surface area contributed by atoms with Gasteiger partial charge in [0, 0.05) is 17.0 Å². The number of aromatic amines is 1. The van der Waals surface area contributed by atoms with Gasteiger partial charge in [-0.25, -0.2) is 0 Å². The Hall–Kier alpha value is -3.08. The van der Waals surface area contributed by atoms with Gasteiger partial charge in [-0.1, -0.05) is 60.1 Å². The molecule has 4 aromatic rings. The summed E-state index contributed by atoms with van der Waals surface area (Å²) in [6.07, 6.45) is 0.748. The second-order valence-corrected chi connectivity index (χ2v) is 8.24. The molecule has 0 saturated carbocycles. The highest BCUT2D eigenvalue weighted by Gasteiger charge is 2.14. The zero-order chi connectivity index (χ0) is 21.3. The first-order valence-electron chi connectivity index (χ1n) is 9.77. The molecule has 4 rings (SSSR count). The minimum atomic E-state index is -0.340. The molecule has 0 unspecified atom stereocenters. The Bertz CT molecular complexity index is 1260. The Balaban J connectivity index is 1.67. The number of H-pyrrole nitrogens is 1. The normalized spacial score (nSPS) is 11.3. The quantitative estimate of drug-likeness (QED) is 0.468. The summed E-state index contributed by atoms with van der Waals surface area (Å²) in [5.74, 6) is -0.0318. The van der Waals surface area contributed by atoms with Crippen LogP contribution in [0, 0.1) is 0 Å². The molecule has 0 aliphatic rings. The first kappa shape index (κ1) is 20.2. The highest BCUT2D eigenvalue weighted by atomic mass is 35.5. The van der Waals surface area contributed by atoms with E-state index in [4.69, 9.17) is 11.6 Å². The molecule has 5 heteroatoms. The van der Waals surface area contributed by atoms with Gasteiger partial charge >= 0.3 is 0 Å². The molecule has 152 valence electrons. The number of halogens is 1. The molecule has 0 amide bonds. The summed E-state index contributed by atoms with van der Waals surface area (Å²) in [6.45, 7) is 0.908. The van der Waals surface area contributed by atoms with Crippen molar-refractivity contribution in [1.29, 1.82) is 0 Å². The van der Waals surface area contributed by atoms with Gasteiger partial charge in [-0.2, -0.15) is 0 Å². The van der Waals surface area contributed by atoms with Gasteiger partial charge in [0.1, 0.15) is 5.75 Å². The van der Waals surface area contributed by atoms with Crippen molar-refractivity contribution in [1.82, 2.24) is 9.88 Å². The van der Waals surface area contributed by atoms with Crippen molar-refractivity contribution < 1.29 is 5.11 Å². The molecule has 1 aromatic heterocycles. The Kier molecular flexibility index (Phi) is 5.62. The fraction of sp³-hybridized carbons (Fsp3) is 0.160. The monoisotopic (exact) mass is 418 g/mol. The molecule has 0 aliphatic carbocycles. The zero-order valence-corrected chi connectivity index (χ0v) is 17.7. The number of pyridine rings is 1. The summed E-state index contributed by atoms with van der Waals surface area (Å²) in [7, 11) is 4.11. The van der Waals surface area contributed by atoms with Gasteiger partial charge < -0.3 is 15.0 Å². The van der Waals surface area contributed by atoms with Crippen molar-refractivity contribution in [2.75, 3.05) is 14.1 Å². The van der Waals surface area contributed by atoms with E-state index in [1.165, 1.54) is 11.1 Å². The van der Waals surface area contributed by atoms with Crippen LogP contribution < -0.4 is 5.56 Å². The van der Waals surface area contributed by atoms with Crippen LogP contribution in [0.1, 0.15) is 16.7 Å². The number of hydrogen-bond acceptors (Lipinski definition) is 3. The van der Waals surface area contributed by atoms with Crippen molar-refractivity contribution in [3.63, 3.8) is 0 Å². The van der Waals surface area contributed by atoms with Crippen molar-refractivity contribution in [3.05, 3.63) is 98.8 Å². The number of nitrogens with one attached hydrogen (secondary N) is 1. The maximum absolute atomic E-state index is 12.7. The Morgan fingerprint density at radius 3 is 2.40 bits per heavy atom. The van der Waals surface area contributed by atoms with Crippen molar-refractivity contribution >= 4 is 22.5 Å². The third-order valence-electron chi connectivity index (χ3n) is 5.09. The van der Waals surface area contributed by atoms with Gasteiger partial charge in [-0.05, 0) is 61.0 Å². The van der Waals surface area contributed by atoms with E-state index >= 15 is 0 Å². The summed E-state index contributed by atoms with van der Waals surface area (Å²) in [5.41, 5.74) is 4.67. The number of benzene rings is 3. The van der Waals surface area contributed by atoms with Gasteiger partial charge in [-0.3, -0.25) is 4.79 Å². The molecule has 0 spiro atoms. The molecule has 0 fully saturated rings. The van der Waals surface area contributed by atoms with E-state index < -0.39 is 0 Å². The van der Waals surface area contributed by atoms with Crippen LogP contribution in [-0.2, 0) is 13.0 Å². The summed E-state index contributed by atoms with van der Waals surface area (Å²) in [5, 5.41) is 11.9. The van der Waals surface area contributed by atoms with Crippen molar-refractivity contribution in [2.45, 2.75) is 13.0 Å². The third kappa shape index (κ3) is 4.25. The third-order valence-corrected chi connectivity index (χ3v) is 5.33. The SMILES string of the molecule is CN(C)Cc1ccc(Cc2cccc(-c3c(O)c4ccc(Cl)cc4[nH]c3=O)c2)cc1. The molecule has 3 aromatic carbocycles. The summed E-state index contributed by atoms with van der Waals surface area (Å²) in [6, 6.07) is 21.3. The Labute approximate surface area is 180 Å². The average molecular weight is 419 g/mol. The maximum Gasteiger partial charge on any atom is 0.260 e. The van der Waals surface area contributed by atoms with Crippen molar-refractivity contribution in [3.8, 4) is 16.9 Å². The lowest BCUT2D eigenvalue weighted by molar-refractivity contribution is 0.402. The van der Waals surface area contributed by atoms with E-state index in [-0.39, 0.29) is 16.9 Å². The predicted octanol–water partition coefficient (Wildman–Crippen LogP) is 5.21. The molecule has 0 aliphatic heterocycles. The number of aromatic hydroxyl groups is 1. The molecule has 0 saturated heterocycles. The standard InChI is InChI=1S/C25H23ClN2O2/c1-28(2)15-17-8-6-16(7-9-17)12-18-4-3-5-19(13-18)23-24(29)21-11-10-20(26)14-22(21)27-25(23)30/h3-11,13-14H,12,15H2,1-2H3,(H2,27,29,30). The second kappa shape index (κ2) is 8.34. The predicted molar refractivity (Wildman–Crippen MR) is 123 cm³/mol. The number of hydrogen-bond donors (Lipinski definition) is 2. The van der Waals surface area contributed by atoms with Crippen LogP contribution in [0.5, 0.6) is 5.75 Å². The van der Waals surface area contributed by atoms with Crippen LogP contribution in [0.25, 0.3) is 22.0 Å². The molecular weight excluding hydrogens is 396 g/mol. The summed E-state index contributed by atoms with van der Waals surface area (Å²) >= 11 is 6.01. The fourth-order valence-corrected chi connectivity index (χ4v) is 3.89. The number of rotatable bonds is 5. The first-order chi connectivity index (χ1) is 14.4. The van der Waals surface area contributed by atoms with Crippen LogP contribution in [-0.4, -0.2) is 29.1 Å². The average Bonchev–Trinajstić information content (AvgIpc) is 2.69. The van der Waals surface area contributed by atoms with Gasteiger partial charge in [0.2, 0.25) is 0 Å². The molecule has 0 atom stereocenters. The molecule has 4 nitrogen and oxygen atoms in total. The molecule has 0 bridgehead atoms. The second-order valence-electron chi connectivity index (χ2n) is 7.80. The van der Waals surface area contributed by atoms with Gasteiger partial charge in [0.25, 0.3) is 5.56 Å². The van der Waals surface area contributed by atoms with Crippen LogP contribution >= 0.6 is 11.6 Å². The van der Waals surface area contributed by atoms with Gasteiger partial charge in [0.15, 0.2) is 0 Å². The van der Waals surface area contributed by atoms with Crippen molar-refractivity contribution in [2.24, 2.45) is 0 Å². The minimum absolute atomic E-state index is 0.0318. The Morgan fingerprint density at radius 2 is 1.67 bits per heavy atom. The van der Waals surface area contributed by atoms with Gasteiger partial charge in [0.05, 0.1) is 11.1 Å². The maximum atomic E-state index is 12.7. The summed E-state index contributed by atoms with van der Waals surface area (Å²) < 4.78 is 0. The minimum Gasteiger partial charge on any atom is -0.506 e. The van der Waals surface area contributed by atoms with E-state index in [0.717, 1.165) is 18.5 Å².